The highest BCUT2D eigenvalue weighted by Crippen LogP contribution is 2.33. The lowest BCUT2D eigenvalue weighted by molar-refractivity contribution is -0.145. The zero-order valence-electron chi connectivity index (χ0n) is 17.0. The van der Waals surface area contributed by atoms with Gasteiger partial charge in [0.1, 0.15) is 16.8 Å². The van der Waals surface area contributed by atoms with Gasteiger partial charge in [0.2, 0.25) is 0 Å². The van der Waals surface area contributed by atoms with Gasteiger partial charge in [-0.1, -0.05) is 30.3 Å². The molecule has 0 fully saturated rings. The summed E-state index contributed by atoms with van der Waals surface area (Å²) in [5.41, 5.74) is 3.96. The third-order valence-electron chi connectivity index (χ3n) is 4.40. The summed E-state index contributed by atoms with van der Waals surface area (Å²) < 4.78 is 6.10. The molecular formula is C22H21N5O3S. The third kappa shape index (κ3) is 5.43. The number of hydrazone groups is 1. The number of aromatic nitrogens is 1. The molecular weight excluding hydrogens is 414 g/mol. The van der Waals surface area contributed by atoms with Crippen LogP contribution in [0.15, 0.2) is 59.7 Å². The number of ether oxygens (including phenoxy) is 1. The number of nitrogens with zero attached hydrogens (tertiary/aromatic N) is 3. The zero-order valence-corrected chi connectivity index (χ0v) is 17.8. The average molecular weight is 436 g/mol. The van der Waals surface area contributed by atoms with Crippen molar-refractivity contribution in [3.05, 3.63) is 59.6 Å². The van der Waals surface area contributed by atoms with Gasteiger partial charge in [-0.2, -0.15) is 10.4 Å². The summed E-state index contributed by atoms with van der Waals surface area (Å²) in [7, 11) is 0. The van der Waals surface area contributed by atoms with Crippen molar-refractivity contribution in [2.24, 2.45) is 11.0 Å². The second kappa shape index (κ2) is 10.3. The van der Waals surface area contributed by atoms with Crippen molar-refractivity contribution in [3.8, 4) is 6.07 Å². The molecule has 31 heavy (non-hydrogen) atoms. The molecule has 0 aliphatic carbocycles. The van der Waals surface area contributed by atoms with Gasteiger partial charge in [-0.15, -0.1) is 11.3 Å². The summed E-state index contributed by atoms with van der Waals surface area (Å²) in [4.78, 5) is 29.4. The van der Waals surface area contributed by atoms with Gasteiger partial charge < -0.3 is 10.1 Å². The van der Waals surface area contributed by atoms with E-state index in [1.165, 1.54) is 11.3 Å². The van der Waals surface area contributed by atoms with Crippen LogP contribution in [-0.4, -0.2) is 29.3 Å². The SMILES string of the molecule is CCOC(=O)C(/C(C)=N/NC(=O)Nc1ccccc1)C(C#N)c1nc2ccccc2s1. The first kappa shape index (κ1) is 21.9. The van der Waals surface area contributed by atoms with E-state index in [0.29, 0.717) is 10.7 Å². The van der Waals surface area contributed by atoms with E-state index in [2.05, 4.69) is 26.9 Å². The molecule has 3 aromatic rings. The van der Waals surface area contributed by atoms with Crippen molar-refractivity contribution >= 4 is 45.0 Å². The summed E-state index contributed by atoms with van der Waals surface area (Å²) >= 11 is 1.34. The molecule has 3 rings (SSSR count). The second-order valence-corrected chi connectivity index (χ2v) is 7.60. The lowest BCUT2D eigenvalue weighted by Gasteiger charge is -2.18. The van der Waals surface area contributed by atoms with Gasteiger partial charge >= 0.3 is 12.0 Å². The summed E-state index contributed by atoms with van der Waals surface area (Å²) in [5.74, 6) is -2.51. The summed E-state index contributed by atoms with van der Waals surface area (Å²) in [6, 6.07) is 18.0. The van der Waals surface area contributed by atoms with Crippen LogP contribution in [0.4, 0.5) is 10.5 Å². The number of carbonyl (C=O) groups is 2. The monoisotopic (exact) mass is 435 g/mol. The first-order chi connectivity index (χ1) is 15.0. The van der Waals surface area contributed by atoms with Crippen molar-refractivity contribution in [2.75, 3.05) is 11.9 Å². The molecule has 0 saturated heterocycles. The van der Waals surface area contributed by atoms with Gasteiger partial charge in [0, 0.05) is 5.69 Å². The summed E-state index contributed by atoms with van der Waals surface area (Å²) in [6.07, 6.45) is 0. The number of urea groups is 1. The van der Waals surface area contributed by atoms with Crippen LogP contribution in [0.25, 0.3) is 10.2 Å². The van der Waals surface area contributed by atoms with Gasteiger partial charge in [-0.3, -0.25) is 4.79 Å². The van der Waals surface area contributed by atoms with E-state index in [9.17, 15) is 14.9 Å². The Morgan fingerprint density at radius 2 is 1.90 bits per heavy atom. The number of nitrogens with one attached hydrogen (secondary N) is 2. The molecule has 0 bridgehead atoms. The van der Waals surface area contributed by atoms with Gasteiger partial charge in [-0.05, 0) is 38.1 Å². The number of amides is 2. The highest BCUT2D eigenvalue weighted by molar-refractivity contribution is 7.18. The van der Waals surface area contributed by atoms with Crippen molar-refractivity contribution in [1.29, 1.82) is 5.26 Å². The van der Waals surface area contributed by atoms with Crippen LogP contribution < -0.4 is 10.7 Å². The largest absolute Gasteiger partial charge is 0.465 e. The molecule has 2 amide bonds. The van der Waals surface area contributed by atoms with Crippen molar-refractivity contribution < 1.29 is 14.3 Å². The number of esters is 1. The topological polar surface area (TPSA) is 116 Å². The third-order valence-corrected chi connectivity index (χ3v) is 5.52. The molecule has 8 nitrogen and oxygen atoms in total. The molecule has 158 valence electrons. The standard InChI is InChI=1S/C22H21N5O3S/c1-3-30-21(28)19(14(2)26-27-22(29)24-15-9-5-4-6-10-15)16(13-23)20-25-17-11-7-8-12-18(17)31-20/h4-12,16,19H,3H2,1-2H3,(H2,24,27,29)/b26-14+. The Bertz CT molecular complexity index is 1100. The van der Waals surface area contributed by atoms with Crippen LogP contribution in [-0.2, 0) is 9.53 Å². The number of hydrogen-bond donors (Lipinski definition) is 2. The van der Waals surface area contributed by atoms with E-state index in [0.717, 1.165) is 10.2 Å². The Hall–Kier alpha value is -3.77. The van der Waals surface area contributed by atoms with Gasteiger partial charge in [0.25, 0.3) is 0 Å². The number of thiazole rings is 1. The Balaban J connectivity index is 1.84. The van der Waals surface area contributed by atoms with Crippen LogP contribution in [0.1, 0.15) is 24.8 Å². The zero-order chi connectivity index (χ0) is 22.2. The van der Waals surface area contributed by atoms with E-state index in [-0.39, 0.29) is 12.3 Å². The highest BCUT2D eigenvalue weighted by atomic mass is 32.1. The molecule has 2 aromatic carbocycles. The van der Waals surface area contributed by atoms with E-state index >= 15 is 0 Å². The fourth-order valence-electron chi connectivity index (χ4n) is 2.96. The minimum atomic E-state index is -1.01. The molecule has 0 aliphatic rings. The predicted octanol–water partition coefficient (Wildman–Crippen LogP) is 4.28. The maximum absolute atomic E-state index is 12.7. The lowest BCUT2D eigenvalue weighted by atomic mass is 9.90. The van der Waals surface area contributed by atoms with Crippen molar-refractivity contribution in [1.82, 2.24) is 10.4 Å². The number of benzene rings is 2. The summed E-state index contributed by atoms with van der Waals surface area (Å²) in [5, 5.41) is 17.0. The number of nitriles is 1. The van der Waals surface area contributed by atoms with Gasteiger partial charge in [-0.25, -0.2) is 15.2 Å². The number of hydrogen-bond acceptors (Lipinski definition) is 7. The minimum Gasteiger partial charge on any atom is -0.465 e. The number of carbonyl (C=O) groups excluding carboxylic acids is 2. The van der Waals surface area contributed by atoms with Crippen molar-refractivity contribution in [2.45, 2.75) is 19.8 Å². The maximum atomic E-state index is 12.7. The molecule has 1 aromatic heterocycles. The quantitative estimate of drug-likeness (QED) is 0.326. The van der Waals surface area contributed by atoms with Crippen LogP contribution in [0.5, 0.6) is 0 Å². The van der Waals surface area contributed by atoms with E-state index < -0.39 is 23.8 Å². The molecule has 2 unspecified atom stereocenters. The fraction of sp³-hybridized carbons (Fsp3) is 0.227. The van der Waals surface area contributed by atoms with E-state index in [1.807, 2.05) is 30.3 Å². The minimum absolute atomic E-state index is 0.155. The second-order valence-electron chi connectivity index (χ2n) is 6.54. The van der Waals surface area contributed by atoms with Gasteiger partial charge in [0.15, 0.2) is 0 Å². The molecule has 2 atom stereocenters. The highest BCUT2D eigenvalue weighted by Gasteiger charge is 2.36. The average Bonchev–Trinajstić information content (AvgIpc) is 3.20. The summed E-state index contributed by atoms with van der Waals surface area (Å²) in [6.45, 7) is 3.41. The number of fused-ring (bicyclic) bond motifs is 1. The first-order valence-electron chi connectivity index (χ1n) is 9.61. The molecule has 0 aliphatic heterocycles. The Morgan fingerprint density at radius 3 is 2.58 bits per heavy atom. The van der Waals surface area contributed by atoms with Crippen LogP contribution in [0, 0.1) is 17.2 Å². The van der Waals surface area contributed by atoms with Crippen molar-refractivity contribution in [3.63, 3.8) is 0 Å². The molecule has 1 heterocycles. The smallest absolute Gasteiger partial charge is 0.339 e. The Morgan fingerprint density at radius 1 is 1.19 bits per heavy atom. The number of anilines is 1. The Labute approximate surface area is 183 Å². The van der Waals surface area contributed by atoms with Crippen LogP contribution >= 0.6 is 11.3 Å². The molecule has 0 radical (unpaired) electrons. The van der Waals surface area contributed by atoms with Crippen LogP contribution in [0.2, 0.25) is 0 Å². The number of rotatable bonds is 7. The van der Waals surface area contributed by atoms with Gasteiger partial charge in [0.05, 0.1) is 28.6 Å². The molecule has 2 N–H and O–H groups in total. The first-order valence-corrected chi connectivity index (χ1v) is 10.4. The molecule has 0 spiro atoms. The number of para-hydroxylation sites is 2. The Kier molecular flexibility index (Phi) is 7.30. The van der Waals surface area contributed by atoms with E-state index in [4.69, 9.17) is 4.74 Å². The van der Waals surface area contributed by atoms with Crippen LogP contribution in [0.3, 0.4) is 0 Å². The maximum Gasteiger partial charge on any atom is 0.339 e. The lowest BCUT2D eigenvalue weighted by Crippen LogP contribution is -2.33. The molecule has 0 saturated carbocycles. The normalized spacial score (nSPS) is 13.1. The fourth-order valence-corrected chi connectivity index (χ4v) is 4.01. The van der Waals surface area contributed by atoms with E-state index in [1.54, 1.807) is 38.1 Å². The predicted molar refractivity (Wildman–Crippen MR) is 120 cm³/mol. The molecule has 9 heteroatoms.